The number of benzene rings is 2. The van der Waals surface area contributed by atoms with Crippen molar-refractivity contribution in [2.24, 2.45) is 0 Å². The van der Waals surface area contributed by atoms with E-state index in [1.54, 1.807) is 0 Å². The lowest BCUT2D eigenvalue weighted by molar-refractivity contribution is 0.525. The molecule has 19 heavy (non-hydrogen) atoms. The zero-order valence-corrected chi connectivity index (χ0v) is 11.5. The average molecular weight is 292 g/mol. The molecular weight excluding hydrogens is 281 g/mol. The van der Waals surface area contributed by atoms with Crippen LogP contribution < -0.4 is 0 Å². The molecule has 1 aromatic heterocycles. The zero-order valence-electron chi connectivity index (χ0n) is 10.0. The quantitative estimate of drug-likeness (QED) is 0.635. The number of rotatable bonds is 3. The monoisotopic (exact) mass is 291 g/mol. The first-order chi connectivity index (χ1) is 9.22. The molecule has 0 bridgehead atoms. The molecule has 1 atom stereocenters. The van der Waals surface area contributed by atoms with Gasteiger partial charge in [-0.1, -0.05) is 35.9 Å². The van der Waals surface area contributed by atoms with Crippen molar-refractivity contribution in [3.63, 3.8) is 0 Å². The van der Waals surface area contributed by atoms with E-state index in [-0.39, 0.29) is 5.38 Å². The Kier molecular flexibility index (Phi) is 3.45. The fraction of sp³-hybridized carbons (Fsp3) is 0.133. The van der Waals surface area contributed by atoms with Gasteiger partial charge < -0.3 is 4.42 Å². The summed E-state index contributed by atoms with van der Waals surface area (Å²) in [6.07, 6.45) is 0.538. The van der Waals surface area contributed by atoms with Crippen LogP contribution in [-0.2, 0) is 6.42 Å². The normalized spacial score (nSPS) is 12.7. The minimum Gasteiger partial charge on any atom is -0.441 e. The zero-order chi connectivity index (χ0) is 13.2. The summed E-state index contributed by atoms with van der Waals surface area (Å²) >= 11 is 12.3. The summed E-state index contributed by atoms with van der Waals surface area (Å²) in [5.74, 6) is 0.640. The van der Waals surface area contributed by atoms with Gasteiger partial charge in [0.05, 0.1) is 5.38 Å². The summed E-state index contributed by atoms with van der Waals surface area (Å²) in [6.45, 7) is 0. The molecule has 0 radical (unpaired) electrons. The summed E-state index contributed by atoms with van der Waals surface area (Å²) in [6, 6.07) is 15.2. The molecule has 2 aromatic carbocycles. The average Bonchev–Trinajstić information content (AvgIpc) is 2.80. The molecule has 0 aliphatic carbocycles. The molecule has 0 spiro atoms. The van der Waals surface area contributed by atoms with Crippen LogP contribution in [0.15, 0.2) is 52.9 Å². The number of halogens is 2. The van der Waals surface area contributed by atoms with E-state index in [1.165, 1.54) is 0 Å². The van der Waals surface area contributed by atoms with Gasteiger partial charge in [-0.25, -0.2) is 4.98 Å². The molecule has 0 amide bonds. The Bertz CT molecular complexity index is 675. The van der Waals surface area contributed by atoms with E-state index in [0.29, 0.717) is 17.3 Å². The van der Waals surface area contributed by atoms with E-state index in [2.05, 4.69) is 4.98 Å². The standard InChI is InChI=1S/C15H11Cl2NO/c16-11-5-3-4-10(8-11)12(17)9-15-18-13-6-1-2-7-14(13)19-15/h1-8,12H,9H2. The third kappa shape index (κ3) is 2.75. The molecule has 0 saturated heterocycles. The Morgan fingerprint density at radius 3 is 2.74 bits per heavy atom. The lowest BCUT2D eigenvalue weighted by Gasteiger charge is -2.07. The number of aromatic nitrogens is 1. The van der Waals surface area contributed by atoms with Crippen LogP contribution in [0.2, 0.25) is 5.02 Å². The van der Waals surface area contributed by atoms with Crippen LogP contribution in [0.5, 0.6) is 0 Å². The molecule has 1 unspecified atom stereocenters. The van der Waals surface area contributed by atoms with Crippen LogP contribution in [0.3, 0.4) is 0 Å². The Hall–Kier alpha value is -1.51. The van der Waals surface area contributed by atoms with Gasteiger partial charge >= 0.3 is 0 Å². The fourth-order valence-corrected chi connectivity index (χ4v) is 2.45. The van der Waals surface area contributed by atoms with Gasteiger partial charge in [0.2, 0.25) is 0 Å². The Morgan fingerprint density at radius 1 is 1.11 bits per heavy atom. The van der Waals surface area contributed by atoms with Gasteiger partial charge in [0.1, 0.15) is 5.52 Å². The summed E-state index contributed by atoms with van der Waals surface area (Å²) < 4.78 is 5.66. The van der Waals surface area contributed by atoms with E-state index < -0.39 is 0 Å². The number of fused-ring (bicyclic) bond motifs is 1. The number of oxazole rings is 1. The van der Waals surface area contributed by atoms with Gasteiger partial charge in [-0.15, -0.1) is 11.6 Å². The molecule has 1 heterocycles. The molecule has 0 fully saturated rings. The number of nitrogens with zero attached hydrogens (tertiary/aromatic N) is 1. The largest absolute Gasteiger partial charge is 0.441 e. The van der Waals surface area contributed by atoms with Crippen LogP contribution >= 0.6 is 23.2 Å². The summed E-state index contributed by atoms with van der Waals surface area (Å²) in [7, 11) is 0. The first-order valence-corrected chi connectivity index (χ1v) is 6.78. The second-order valence-electron chi connectivity index (χ2n) is 4.30. The van der Waals surface area contributed by atoms with Gasteiger partial charge in [-0.05, 0) is 29.8 Å². The maximum absolute atomic E-state index is 6.38. The second kappa shape index (κ2) is 5.24. The molecule has 0 aliphatic heterocycles. The van der Waals surface area contributed by atoms with Gasteiger partial charge in [0, 0.05) is 11.4 Å². The van der Waals surface area contributed by atoms with Crippen molar-refractivity contribution in [1.82, 2.24) is 4.98 Å². The number of hydrogen-bond acceptors (Lipinski definition) is 2. The fourth-order valence-electron chi connectivity index (χ4n) is 1.98. The van der Waals surface area contributed by atoms with Crippen LogP contribution in [0.1, 0.15) is 16.8 Å². The SMILES string of the molecule is Clc1cccc(C(Cl)Cc2nc3ccccc3o2)c1. The molecule has 3 rings (SSSR count). The third-order valence-electron chi connectivity index (χ3n) is 2.90. The molecule has 3 aromatic rings. The van der Waals surface area contributed by atoms with E-state index in [1.807, 2.05) is 48.5 Å². The highest BCUT2D eigenvalue weighted by molar-refractivity contribution is 6.30. The maximum atomic E-state index is 6.38. The minimum absolute atomic E-state index is 0.202. The second-order valence-corrected chi connectivity index (χ2v) is 5.27. The molecule has 4 heteroatoms. The van der Waals surface area contributed by atoms with Crippen molar-refractivity contribution >= 4 is 34.3 Å². The molecule has 0 N–H and O–H groups in total. The molecule has 96 valence electrons. The lowest BCUT2D eigenvalue weighted by atomic mass is 10.1. The molecule has 0 aliphatic rings. The van der Waals surface area contributed by atoms with Crippen LogP contribution in [-0.4, -0.2) is 4.98 Å². The predicted octanol–water partition coefficient (Wildman–Crippen LogP) is 5.00. The first kappa shape index (κ1) is 12.5. The van der Waals surface area contributed by atoms with E-state index in [9.17, 15) is 0 Å². The van der Waals surface area contributed by atoms with Crippen molar-refractivity contribution < 1.29 is 4.42 Å². The van der Waals surface area contributed by atoms with Gasteiger partial charge in [-0.2, -0.15) is 0 Å². The van der Waals surface area contributed by atoms with E-state index in [4.69, 9.17) is 27.6 Å². The Morgan fingerprint density at radius 2 is 1.95 bits per heavy atom. The van der Waals surface area contributed by atoms with E-state index in [0.717, 1.165) is 16.7 Å². The minimum atomic E-state index is -0.202. The highest BCUT2D eigenvalue weighted by atomic mass is 35.5. The smallest absolute Gasteiger partial charge is 0.197 e. The summed E-state index contributed by atoms with van der Waals surface area (Å²) in [5, 5.41) is 0.479. The van der Waals surface area contributed by atoms with Gasteiger partial charge in [0.15, 0.2) is 11.5 Å². The van der Waals surface area contributed by atoms with Gasteiger partial charge in [-0.3, -0.25) is 0 Å². The maximum Gasteiger partial charge on any atom is 0.197 e. The number of alkyl halides is 1. The predicted molar refractivity (Wildman–Crippen MR) is 77.8 cm³/mol. The van der Waals surface area contributed by atoms with Crippen LogP contribution in [0.4, 0.5) is 0 Å². The first-order valence-electron chi connectivity index (χ1n) is 5.96. The van der Waals surface area contributed by atoms with Crippen molar-refractivity contribution in [1.29, 1.82) is 0 Å². The lowest BCUT2D eigenvalue weighted by Crippen LogP contribution is -1.95. The molecule has 2 nitrogen and oxygen atoms in total. The van der Waals surface area contributed by atoms with Crippen molar-refractivity contribution in [3.8, 4) is 0 Å². The number of hydrogen-bond donors (Lipinski definition) is 0. The van der Waals surface area contributed by atoms with Gasteiger partial charge in [0.25, 0.3) is 0 Å². The van der Waals surface area contributed by atoms with Crippen molar-refractivity contribution in [2.75, 3.05) is 0 Å². The third-order valence-corrected chi connectivity index (χ3v) is 3.54. The van der Waals surface area contributed by atoms with Crippen LogP contribution in [0, 0.1) is 0 Å². The summed E-state index contributed by atoms with van der Waals surface area (Å²) in [5.41, 5.74) is 2.61. The number of para-hydroxylation sites is 2. The Labute approximate surface area is 121 Å². The molecular formula is C15H11Cl2NO. The van der Waals surface area contributed by atoms with E-state index >= 15 is 0 Å². The highest BCUT2D eigenvalue weighted by Gasteiger charge is 2.13. The van der Waals surface area contributed by atoms with Crippen LogP contribution in [0.25, 0.3) is 11.1 Å². The topological polar surface area (TPSA) is 26.0 Å². The van der Waals surface area contributed by atoms with Crippen molar-refractivity contribution in [2.45, 2.75) is 11.8 Å². The highest BCUT2D eigenvalue weighted by Crippen LogP contribution is 2.27. The van der Waals surface area contributed by atoms with Crippen molar-refractivity contribution in [3.05, 3.63) is 65.0 Å². The Balaban J connectivity index is 1.84. The molecule has 0 saturated carbocycles. The summed E-state index contributed by atoms with van der Waals surface area (Å²) in [4.78, 5) is 4.42.